The summed E-state index contributed by atoms with van der Waals surface area (Å²) in [5, 5.41) is 13.5. The molecule has 6 nitrogen and oxygen atoms in total. The molecule has 7 heteroatoms. The van der Waals surface area contributed by atoms with Gasteiger partial charge in [0.2, 0.25) is 0 Å². The molecule has 0 aliphatic carbocycles. The molecule has 0 aliphatic rings. The largest absolute Gasteiger partial charge is 0.481 e. The second-order valence-corrected chi connectivity index (χ2v) is 5.76. The van der Waals surface area contributed by atoms with Gasteiger partial charge in [0.25, 0.3) is 11.6 Å². The number of rotatable bonds is 6. The van der Waals surface area contributed by atoms with Crippen molar-refractivity contribution in [2.45, 2.75) is 45.8 Å². The average Bonchev–Trinajstić information content (AvgIpc) is 2.37. The molecule has 21 heavy (non-hydrogen) atoms. The quantitative estimate of drug-likeness (QED) is 0.645. The maximum Gasteiger partial charge on any atom is 0.288 e. The maximum atomic E-state index is 12.0. The minimum absolute atomic E-state index is 0.0287. The summed E-state index contributed by atoms with van der Waals surface area (Å²) >= 11 is 5.79. The Kier molecular flexibility index (Phi) is 5.54. The summed E-state index contributed by atoms with van der Waals surface area (Å²) in [7, 11) is 0. The molecule has 0 heterocycles. The van der Waals surface area contributed by atoms with Crippen molar-refractivity contribution in [3.8, 4) is 5.75 Å². The summed E-state index contributed by atoms with van der Waals surface area (Å²) in [4.78, 5) is 22.1. The molecule has 1 aromatic rings. The van der Waals surface area contributed by atoms with Gasteiger partial charge in [-0.15, -0.1) is 0 Å². The van der Waals surface area contributed by atoms with E-state index in [1.807, 2.05) is 20.8 Å². The number of nitro benzene ring substituents is 1. The van der Waals surface area contributed by atoms with Crippen molar-refractivity contribution in [1.82, 2.24) is 5.32 Å². The lowest BCUT2D eigenvalue weighted by Gasteiger charge is -2.26. The third kappa shape index (κ3) is 4.90. The van der Waals surface area contributed by atoms with Crippen molar-refractivity contribution in [1.29, 1.82) is 0 Å². The molecule has 0 aliphatic heterocycles. The zero-order valence-corrected chi connectivity index (χ0v) is 13.2. The van der Waals surface area contributed by atoms with E-state index in [0.717, 1.165) is 6.42 Å². The SMILES string of the molecule is CCC(C)(C)NC(=O)C(C)Oc1ccc([N+](=O)[O-])c(Cl)c1. The van der Waals surface area contributed by atoms with Gasteiger partial charge in [0, 0.05) is 17.7 Å². The van der Waals surface area contributed by atoms with E-state index in [2.05, 4.69) is 5.32 Å². The summed E-state index contributed by atoms with van der Waals surface area (Å²) in [6, 6.07) is 3.99. The molecule has 1 rings (SSSR count). The number of carbonyl (C=O) groups excluding carboxylic acids is 1. The fourth-order valence-electron chi connectivity index (χ4n) is 1.49. The average molecular weight is 315 g/mol. The highest BCUT2D eigenvalue weighted by Crippen LogP contribution is 2.28. The van der Waals surface area contributed by atoms with Gasteiger partial charge in [-0.25, -0.2) is 0 Å². The van der Waals surface area contributed by atoms with Gasteiger partial charge in [-0.1, -0.05) is 18.5 Å². The summed E-state index contributed by atoms with van der Waals surface area (Å²) in [6.07, 6.45) is 0.0581. The molecule has 0 fully saturated rings. The molecule has 0 saturated heterocycles. The minimum atomic E-state index is -0.728. The van der Waals surface area contributed by atoms with Crippen LogP contribution in [-0.4, -0.2) is 22.5 Å². The van der Waals surface area contributed by atoms with E-state index >= 15 is 0 Å². The third-order valence-corrected chi connectivity index (χ3v) is 3.45. The van der Waals surface area contributed by atoms with E-state index in [1.54, 1.807) is 6.92 Å². The third-order valence-electron chi connectivity index (χ3n) is 3.14. The van der Waals surface area contributed by atoms with Crippen molar-refractivity contribution in [2.75, 3.05) is 0 Å². The van der Waals surface area contributed by atoms with E-state index in [4.69, 9.17) is 16.3 Å². The van der Waals surface area contributed by atoms with Gasteiger partial charge in [0.05, 0.1) is 4.92 Å². The first-order valence-corrected chi connectivity index (χ1v) is 6.96. The van der Waals surface area contributed by atoms with Crippen LogP contribution in [0.25, 0.3) is 0 Å². The van der Waals surface area contributed by atoms with Crippen molar-refractivity contribution >= 4 is 23.2 Å². The van der Waals surface area contributed by atoms with E-state index in [1.165, 1.54) is 18.2 Å². The summed E-state index contributed by atoms with van der Waals surface area (Å²) < 4.78 is 5.46. The number of nitro groups is 1. The highest BCUT2D eigenvalue weighted by Gasteiger charge is 2.23. The number of amides is 1. The topological polar surface area (TPSA) is 81.5 Å². The first-order valence-electron chi connectivity index (χ1n) is 6.59. The number of hydrogen-bond acceptors (Lipinski definition) is 4. The number of nitrogens with one attached hydrogen (secondary N) is 1. The first-order chi connectivity index (χ1) is 9.66. The van der Waals surface area contributed by atoms with E-state index in [0.29, 0.717) is 5.75 Å². The number of halogens is 1. The van der Waals surface area contributed by atoms with Crippen LogP contribution < -0.4 is 10.1 Å². The Morgan fingerprint density at radius 3 is 2.62 bits per heavy atom. The van der Waals surface area contributed by atoms with Crippen LogP contribution in [0.5, 0.6) is 5.75 Å². The van der Waals surface area contributed by atoms with Gasteiger partial charge < -0.3 is 10.1 Å². The summed E-state index contributed by atoms with van der Waals surface area (Å²) in [5.41, 5.74) is -0.518. The van der Waals surface area contributed by atoms with Crippen LogP contribution in [0.4, 0.5) is 5.69 Å². The Morgan fingerprint density at radius 2 is 2.14 bits per heavy atom. The number of nitrogens with zero attached hydrogens (tertiary/aromatic N) is 1. The fraction of sp³-hybridized carbons (Fsp3) is 0.500. The molecule has 1 amide bonds. The molecule has 1 unspecified atom stereocenters. The zero-order valence-electron chi connectivity index (χ0n) is 12.5. The molecule has 116 valence electrons. The summed E-state index contributed by atoms with van der Waals surface area (Å²) in [6.45, 7) is 7.42. The van der Waals surface area contributed by atoms with Crippen LogP contribution >= 0.6 is 11.6 Å². The molecule has 0 bridgehead atoms. The lowest BCUT2D eigenvalue weighted by molar-refractivity contribution is -0.384. The zero-order chi connectivity index (χ0) is 16.2. The molecule has 0 spiro atoms. The van der Waals surface area contributed by atoms with Crippen LogP contribution in [0, 0.1) is 10.1 Å². The van der Waals surface area contributed by atoms with E-state index in [-0.39, 0.29) is 22.2 Å². The summed E-state index contributed by atoms with van der Waals surface area (Å²) in [5.74, 6) is 0.0545. The van der Waals surface area contributed by atoms with Gasteiger partial charge in [0.1, 0.15) is 10.8 Å². The van der Waals surface area contributed by atoms with Gasteiger partial charge >= 0.3 is 0 Å². The monoisotopic (exact) mass is 314 g/mol. The Labute approximate surface area is 128 Å². The highest BCUT2D eigenvalue weighted by molar-refractivity contribution is 6.32. The molecule has 0 aromatic heterocycles. The first kappa shape index (κ1) is 17.2. The smallest absolute Gasteiger partial charge is 0.288 e. The lowest BCUT2D eigenvalue weighted by Crippen LogP contribution is -2.48. The molecular weight excluding hydrogens is 296 g/mol. The minimum Gasteiger partial charge on any atom is -0.481 e. The number of ether oxygens (including phenoxy) is 1. The molecule has 1 aromatic carbocycles. The van der Waals surface area contributed by atoms with Crippen molar-refractivity contribution in [3.63, 3.8) is 0 Å². The normalized spacial score (nSPS) is 12.6. The van der Waals surface area contributed by atoms with Crippen molar-refractivity contribution < 1.29 is 14.5 Å². The van der Waals surface area contributed by atoms with Crippen LogP contribution in [0.3, 0.4) is 0 Å². The van der Waals surface area contributed by atoms with Crippen LogP contribution in [-0.2, 0) is 4.79 Å². The number of carbonyl (C=O) groups is 1. The Morgan fingerprint density at radius 1 is 1.52 bits per heavy atom. The predicted molar refractivity (Wildman–Crippen MR) is 80.7 cm³/mol. The van der Waals surface area contributed by atoms with E-state index < -0.39 is 11.0 Å². The van der Waals surface area contributed by atoms with Crippen LogP contribution in [0.1, 0.15) is 34.1 Å². The predicted octanol–water partition coefficient (Wildman–Crippen LogP) is 3.32. The standard InChI is InChI=1S/C14H19ClN2O4/c1-5-14(3,4)16-13(18)9(2)21-10-6-7-12(17(19)20)11(15)8-10/h6-9H,5H2,1-4H3,(H,16,18). The van der Waals surface area contributed by atoms with Gasteiger partial charge in [-0.2, -0.15) is 0 Å². The molecule has 0 saturated carbocycles. The molecule has 1 N–H and O–H groups in total. The number of hydrogen-bond donors (Lipinski definition) is 1. The molecule has 0 radical (unpaired) electrons. The Bertz CT molecular complexity index is 546. The second-order valence-electron chi connectivity index (χ2n) is 5.36. The lowest BCUT2D eigenvalue weighted by atomic mass is 10.0. The Hall–Kier alpha value is -1.82. The highest BCUT2D eigenvalue weighted by atomic mass is 35.5. The van der Waals surface area contributed by atoms with Gasteiger partial charge in [-0.3, -0.25) is 14.9 Å². The Balaban J connectivity index is 2.75. The van der Waals surface area contributed by atoms with Crippen LogP contribution in [0.2, 0.25) is 5.02 Å². The fourth-order valence-corrected chi connectivity index (χ4v) is 1.73. The van der Waals surface area contributed by atoms with Crippen LogP contribution in [0.15, 0.2) is 18.2 Å². The molecular formula is C14H19ClN2O4. The van der Waals surface area contributed by atoms with Crippen molar-refractivity contribution in [2.24, 2.45) is 0 Å². The van der Waals surface area contributed by atoms with Crippen molar-refractivity contribution in [3.05, 3.63) is 33.3 Å². The number of benzene rings is 1. The van der Waals surface area contributed by atoms with E-state index in [9.17, 15) is 14.9 Å². The maximum absolute atomic E-state index is 12.0. The second kappa shape index (κ2) is 6.76. The van der Waals surface area contributed by atoms with Gasteiger partial charge in [-0.05, 0) is 33.3 Å². The van der Waals surface area contributed by atoms with Gasteiger partial charge in [0.15, 0.2) is 6.10 Å². The molecule has 1 atom stereocenters.